The standard InChI is InChI=1S/C13H16ClNO/c1-15-13(12-4-2-3-9-16-12)10-5-7-11(14)8-6-10/h4-8,13,15H,2-3,9H2,1H3. The molecule has 1 aliphatic heterocycles. The first-order chi connectivity index (χ1) is 7.81. The molecule has 0 saturated carbocycles. The molecule has 1 aromatic carbocycles. The van der Waals surface area contributed by atoms with Crippen molar-refractivity contribution in [3.05, 3.63) is 46.7 Å². The van der Waals surface area contributed by atoms with Crippen molar-refractivity contribution in [3.8, 4) is 0 Å². The van der Waals surface area contributed by atoms with E-state index in [9.17, 15) is 0 Å². The largest absolute Gasteiger partial charge is 0.496 e. The number of likely N-dealkylation sites (N-methyl/N-ethyl adjacent to an activating group) is 1. The van der Waals surface area contributed by atoms with E-state index in [1.807, 2.05) is 31.3 Å². The SMILES string of the molecule is CNC(C1=CCCCO1)c1ccc(Cl)cc1. The van der Waals surface area contributed by atoms with Crippen molar-refractivity contribution in [2.24, 2.45) is 0 Å². The smallest absolute Gasteiger partial charge is 0.113 e. The Labute approximate surface area is 101 Å². The molecule has 0 fully saturated rings. The number of halogens is 1. The molecule has 1 atom stereocenters. The molecule has 1 N–H and O–H groups in total. The van der Waals surface area contributed by atoms with Crippen molar-refractivity contribution in [3.63, 3.8) is 0 Å². The molecule has 2 rings (SSSR count). The normalized spacial score (nSPS) is 17.5. The fourth-order valence-corrected chi connectivity index (χ4v) is 2.03. The monoisotopic (exact) mass is 237 g/mol. The van der Waals surface area contributed by atoms with E-state index in [1.54, 1.807) is 0 Å². The molecule has 0 aliphatic carbocycles. The minimum absolute atomic E-state index is 0.137. The molecule has 0 amide bonds. The second-order valence-electron chi connectivity index (χ2n) is 3.87. The summed E-state index contributed by atoms with van der Waals surface area (Å²) < 4.78 is 5.68. The van der Waals surface area contributed by atoms with Crippen molar-refractivity contribution in [1.82, 2.24) is 5.32 Å². The molecule has 0 spiro atoms. The third kappa shape index (κ3) is 2.57. The number of benzene rings is 1. The average Bonchev–Trinajstić information content (AvgIpc) is 2.34. The maximum absolute atomic E-state index is 5.88. The van der Waals surface area contributed by atoms with Gasteiger partial charge in [0.15, 0.2) is 0 Å². The maximum Gasteiger partial charge on any atom is 0.113 e. The summed E-state index contributed by atoms with van der Waals surface area (Å²) in [6.45, 7) is 0.817. The van der Waals surface area contributed by atoms with Crippen LogP contribution in [0.5, 0.6) is 0 Å². The van der Waals surface area contributed by atoms with Crippen molar-refractivity contribution < 1.29 is 4.74 Å². The van der Waals surface area contributed by atoms with Crippen molar-refractivity contribution in [1.29, 1.82) is 0 Å². The molecule has 0 aromatic heterocycles. The topological polar surface area (TPSA) is 21.3 Å². The number of rotatable bonds is 3. The van der Waals surface area contributed by atoms with Gasteiger partial charge in [0.1, 0.15) is 5.76 Å². The zero-order chi connectivity index (χ0) is 11.4. The zero-order valence-electron chi connectivity index (χ0n) is 9.37. The molecule has 1 unspecified atom stereocenters. The van der Waals surface area contributed by atoms with Gasteiger partial charge in [-0.2, -0.15) is 0 Å². The highest BCUT2D eigenvalue weighted by Gasteiger charge is 2.17. The quantitative estimate of drug-likeness (QED) is 0.871. The Morgan fingerprint density at radius 1 is 1.31 bits per heavy atom. The van der Waals surface area contributed by atoms with Crippen LogP contribution >= 0.6 is 11.6 Å². The second-order valence-corrected chi connectivity index (χ2v) is 4.31. The lowest BCUT2D eigenvalue weighted by Gasteiger charge is -2.23. The third-order valence-corrected chi connectivity index (χ3v) is 2.99. The number of ether oxygens (including phenoxy) is 1. The lowest BCUT2D eigenvalue weighted by Crippen LogP contribution is -2.21. The summed E-state index contributed by atoms with van der Waals surface area (Å²) in [5, 5.41) is 4.03. The Kier molecular flexibility index (Phi) is 3.86. The summed E-state index contributed by atoms with van der Waals surface area (Å²) >= 11 is 5.88. The molecule has 0 radical (unpaired) electrons. The number of allylic oxidation sites excluding steroid dienone is 1. The molecule has 1 aromatic rings. The van der Waals surface area contributed by atoms with Gasteiger partial charge in [0, 0.05) is 5.02 Å². The van der Waals surface area contributed by atoms with Gasteiger partial charge in [0.2, 0.25) is 0 Å². The van der Waals surface area contributed by atoms with E-state index in [0.717, 1.165) is 30.2 Å². The van der Waals surface area contributed by atoms with Crippen LogP contribution in [-0.4, -0.2) is 13.7 Å². The van der Waals surface area contributed by atoms with Gasteiger partial charge in [-0.1, -0.05) is 23.7 Å². The van der Waals surface area contributed by atoms with E-state index in [4.69, 9.17) is 16.3 Å². The Hall–Kier alpha value is -0.990. The van der Waals surface area contributed by atoms with Crippen molar-refractivity contribution in [2.45, 2.75) is 18.9 Å². The van der Waals surface area contributed by atoms with Crippen LogP contribution in [0, 0.1) is 0 Å². The highest BCUT2D eigenvalue weighted by molar-refractivity contribution is 6.30. The Balaban J connectivity index is 2.21. The maximum atomic E-state index is 5.88. The van der Waals surface area contributed by atoms with E-state index >= 15 is 0 Å². The molecular weight excluding hydrogens is 222 g/mol. The number of hydrogen-bond donors (Lipinski definition) is 1. The third-order valence-electron chi connectivity index (χ3n) is 2.74. The second kappa shape index (κ2) is 5.37. The lowest BCUT2D eigenvalue weighted by atomic mass is 10.0. The van der Waals surface area contributed by atoms with E-state index in [1.165, 1.54) is 5.56 Å². The van der Waals surface area contributed by atoms with Crippen molar-refractivity contribution >= 4 is 11.6 Å². The molecular formula is C13H16ClNO. The van der Waals surface area contributed by atoms with Crippen LogP contribution in [0.2, 0.25) is 5.02 Å². The van der Waals surface area contributed by atoms with Crippen molar-refractivity contribution in [2.75, 3.05) is 13.7 Å². The molecule has 0 saturated heterocycles. The highest BCUT2D eigenvalue weighted by Crippen LogP contribution is 2.26. The molecule has 3 heteroatoms. The highest BCUT2D eigenvalue weighted by atomic mass is 35.5. The van der Waals surface area contributed by atoms with E-state index in [2.05, 4.69) is 11.4 Å². The Morgan fingerprint density at radius 3 is 2.62 bits per heavy atom. The molecule has 16 heavy (non-hydrogen) atoms. The summed E-state index contributed by atoms with van der Waals surface area (Å²) in [4.78, 5) is 0. The van der Waals surface area contributed by atoms with Crippen LogP contribution < -0.4 is 5.32 Å². The molecule has 2 nitrogen and oxygen atoms in total. The van der Waals surface area contributed by atoms with E-state index in [-0.39, 0.29) is 6.04 Å². The van der Waals surface area contributed by atoms with Crippen LogP contribution in [0.25, 0.3) is 0 Å². The Morgan fingerprint density at radius 2 is 2.06 bits per heavy atom. The van der Waals surface area contributed by atoms with Gasteiger partial charge < -0.3 is 10.1 Å². The lowest BCUT2D eigenvalue weighted by molar-refractivity contribution is 0.169. The summed E-state index contributed by atoms with van der Waals surface area (Å²) in [5.74, 6) is 1.02. The molecule has 1 heterocycles. The fraction of sp³-hybridized carbons (Fsp3) is 0.385. The van der Waals surface area contributed by atoms with Gasteiger partial charge in [-0.25, -0.2) is 0 Å². The van der Waals surface area contributed by atoms with Crippen LogP contribution in [0.3, 0.4) is 0 Å². The summed E-state index contributed by atoms with van der Waals surface area (Å²) in [6.07, 6.45) is 4.38. The van der Waals surface area contributed by atoms with Gasteiger partial charge in [-0.3, -0.25) is 0 Å². The summed E-state index contributed by atoms with van der Waals surface area (Å²) in [7, 11) is 1.94. The Bertz CT molecular complexity index is 372. The zero-order valence-corrected chi connectivity index (χ0v) is 10.1. The van der Waals surface area contributed by atoms with Crippen LogP contribution in [0.1, 0.15) is 24.4 Å². The number of nitrogens with one attached hydrogen (secondary N) is 1. The predicted molar refractivity (Wildman–Crippen MR) is 66.5 cm³/mol. The van der Waals surface area contributed by atoms with Crippen LogP contribution in [0.4, 0.5) is 0 Å². The van der Waals surface area contributed by atoms with Gasteiger partial charge >= 0.3 is 0 Å². The van der Waals surface area contributed by atoms with Gasteiger partial charge in [0.25, 0.3) is 0 Å². The van der Waals surface area contributed by atoms with Gasteiger partial charge in [0.05, 0.1) is 12.6 Å². The minimum atomic E-state index is 0.137. The van der Waals surface area contributed by atoms with Gasteiger partial charge in [-0.05, 0) is 43.7 Å². The first-order valence-electron chi connectivity index (χ1n) is 5.57. The average molecular weight is 238 g/mol. The molecule has 0 bridgehead atoms. The predicted octanol–water partition coefficient (Wildman–Crippen LogP) is 3.29. The first-order valence-corrected chi connectivity index (χ1v) is 5.94. The van der Waals surface area contributed by atoms with Crippen LogP contribution in [0.15, 0.2) is 36.1 Å². The summed E-state index contributed by atoms with van der Waals surface area (Å²) in [5.41, 5.74) is 1.18. The molecule has 86 valence electrons. The summed E-state index contributed by atoms with van der Waals surface area (Å²) in [6, 6.07) is 8.01. The molecule has 1 aliphatic rings. The fourth-order valence-electron chi connectivity index (χ4n) is 1.91. The van der Waals surface area contributed by atoms with E-state index in [0.29, 0.717) is 0 Å². The minimum Gasteiger partial charge on any atom is -0.496 e. The van der Waals surface area contributed by atoms with Crippen LogP contribution in [-0.2, 0) is 4.74 Å². The first kappa shape index (κ1) is 11.5. The van der Waals surface area contributed by atoms with Gasteiger partial charge in [-0.15, -0.1) is 0 Å². The van der Waals surface area contributed by atoms with E-state index < -0.39 is 0 Å². The number of hydrogen-bond acceptors (Lipinski definition) is 2.